The van der Waals surface area contributed by atoms with Crippen molar-refractivity contribution in [3.63, 3.8) is 0 Å². The molecule has 1 amide bonds. The number of carbonyl (C=O) groups is 1. The number of carbonyl (C=O) groups excluding carboxylic acids is 1. The predicted molar refractivity (Wildman–Crippen MR) is 109 cm³/mol. The number of nitrogens with zero attached hydrogens (tertiary/aromatic N) is 3. The van der Waals surface area contributed by atoms with Crippen molar-refractivity contribution in [3.8, 4) is 16.5 Å². The highest BCUT2D eigenvalue weighted by Crippen LogP contribution is 2.31. The largest absolute Gasteiger partial charge is 0.491 e. The number of para-hydroxylation sites is 1. The molecule has 0 aliphatic rings. The lowest BCUT2D eigenvalue weighted by Crippen LogP contribution is -2.15. The number of amides is 1. The normalized spacial score (nSPS) is 11.1. The lowest BCUT2D eigenvalue weighted by Gasteiger charge is -2.14. The van der Waals surface area contributed by atoms with Crippen molar-refractivity contribution in [2.24, 2.45) is 5.73 Å². The fourth-order valence-electron chi connectivity index (χ4n) is 2.54. The van der Waals surface area contributed by atoms with Crippen molar-refractivity contribution >= 4 is 29.0 Å². The van der Waals surface area contributed by atoms with Gasteiger partial charge in [0.2, 0.25) is 5.91 Å². The van der Waals surface area contributed by atoms with Crippen molar-refractivity contribution in [2.75, 3.05) is 0 Å². The zero-order valence-electron chi connectivity index (χ0n) is 15.3. The maximum atomic E-state index is 11.3. The monoisotopic (exact) mass is 402 g/mol. The summed E-state index contributed by atoms with van der Waals surface area (Å²) in [5.74, 6) is 2.00. The van der Waals surface area contributed by atoms with Crippen LogP contribution >= 0.6 is 23.1 Å². The highest BCUT2D eigenvalue weighted by molar-refractivity contribution is 7.98. The summed E-state index contributed by atoms with van der Waals surface area (Å²) in [4.78, 5) is 12.3. The topological polar surface area (TPSA) is 83.0 Å². The van der Waals surface area contributed by atoms with E-state index >= 15 is 0 Å². The van der Waals surface area contributed by atoms with Gasteiger partial charge in [-0.3, -0.25) is 4.79 Å². The van der Waals surface area contributed by atoms with Crippen molar-refractivity contribution in [3.05, 3.63) is 47.3 Å². The molecule has 0 bridgehead atoms. The Balaban J connectivity index is 1.82. The molecule has 3 aromatic rings. The Labute approximate surface area is 166 Å². The number of hydrogen-bond donors (Lipinski definition) is 1. The Hall–Kier alpha value is -2.32. The number of aromatic nitrogens is 3. The minimum atomic E-state index is -0.340. The Morgan fingerprint density at radius 2 is 2.07 bits per heavy atom. The summed E-state index contributed by atoms with van der Waals surface area (Å²) in [6.45, 7) is 4.48. The molecule has 27 heavy (non-hydrogen) atoms. The molecule has 0 aliphatic carbocycles. The third-order valence-electron chi connectivity index (χ3n) is 3.73. The summed E-state index contributed by atoms with van der Waals surface area (Å²) in [5, 5.41) is 11.4. The first-order valence-electron chi connectivity index (χ1n) is 8.67. The molecule has 0 spiro atoms. The maximum Gasteiger partial charge on any atom is 0.219 e. The number of benzene rings is 1. The van der Waals surface area contributed by atoms with Crippen LogP contribution in [0.15, 0.2) is 46.9 Å². The van der Waals surface area contributed by atoms with Crippen LogP contribution in [-0.2, 0) is 17.1 Å². The molecule has 142 valence electrons. The summed E-state index contributed by atoms with van der Waals surface area (Å²) < 4.78 is 7.86. The molecule has 2 N–H and O–H groups in total. The van der Waals surface area contributed by atoms with Gasteiger partial charge in [-0.25, -0.2) is 0 Å². The summed E-state index contributed by atoms with van der Waals surface area (Å²) >= 11 is 3.17. The van der Waals surface area contributed by atoms with E-state index in [2.05, 4.69) is 16.3 Å². The number of thiophene rings is 1. The second-order valence-electron chi connectivity index (χ2n) is 6.21. The van der Waals surface area contributed by atoms with Crippen molar-refractivity contribution < 1.29 is 9.53 Å². The van der Waals surface area contributed by atoms with Gasteiger partial charge in [0.1, 0.15) is 5.75 Å². The molecular weight excluding hydrogens is 380 g/mol. The fourth-order valence-corrected chi connectivity index (χ4v) is 4.21. The Morgan fingerprint density at radius 1 is 1.26 bits per heavy atom. The molecule has 1 aromatic carbocycles. The van der Waals surface area contributed by atoms with Gasteiger partial charge in [-0.2, -0.15) is 0 Å². The van der Waals surface area contributed by atoms with Crippen molar-refractivity contribution in [2.45, 2.75) is 43.8 Å². The van der Waals surface area contributed by atoms with E-state index in [1.807, 2.05) is 54.1 Å². The van der Waals surface area contributed by atoms with Gasteiger partial charge in [-0.05, 0) is 31.4 Å². The third kappa shape index (κ3) is 5.11. The van der Waals surface area contributed by atoms with E-state index in [1.54, 1.807) is 23.1 Å². The van der Waals surface area contributed by atoms with Gasteiger partial charge in [0.15, 0.2) is 11.0 Å². The molecule has 0 aliphatic heterocycles. The van der Waals surface area contributed by atoms with Crippen LogP contribution in [0.4, 0.5) is 0 Å². The van der Waals surface area contributed by atoms with Gasteiger partial charge < -0.3 is 15.0 Å². The smallest absolute Gasteiger partial charge is 0.219 e. The van der Waals surface area contributed by atoms with Gasteiger partial charge in [0.25, 0.3) is 0 Å². The van der Waals surface area contributed by atoms with Crippen LogP contribution in [0.25, 0.3) is 10.7 Å². The average Bonchev–Trinajstić information content (AvgIpc) is 3.28. The van der Waals surface area contributed by atoms with Crippen LogP contribution in [0, 0.1) is 0 Å². The third-order valence-corrected chi connectivity index (χ3v) is 5.61. The van der Waals surface area contributed by atoms with Crippen LogP contribution in [0.5, 0.6) is 5.75 Å². The van der Waals surface area contributed by atoms with Crippen LogP contribution in [-0.4, -0.2) is 26.8 Å². The number of primary amides is 1. The molecule has 0 unspecified atom stereocenters. The first-order chi connectivity index (χ1) is 13.0. The zero-order chi connectivity index (χ0) is 19.2. The summed E-state index contributed by atoms with van der Waals surface area (Å²) in [7, 11) is 0. The standard InChI is InChI=1S/C19H22N4O2S2/c1-13(2)25-15-7-4-3-6-14(15)12-27-19-22-21-18(16-8-5-11-26-16)23(19)10-9-17(20)24/h3-8,11,13H,9-10,12H2,1-2H3,(H2,20,24). The number of nitrogens with two attached hydrogens (primary N) is 1. The number of ether oxygens (including phenoxy) is 1. The quantitative estimate of drug-likeness (QED) is 0.548. The molecule has 0 saturated carbocycles. The Kier molecular flexibility index (Phi) is 6.52. The molecule has 0 fully saturated rings. The molecule has 6 nitrogen and oxygen atoms in total. The molecule has 0 atom stereocenters. The van der Waals surface area contributed by atoms with E-state index in [0.29, 0.717) is 12.3 Å². The highest BCUT2D eigenvalue weighted by atomic mass is 32.2. The summed E-state index contributed by atoms with van der Waals surface area (Å²) in [6, 6.07) is 12.0. The molecule has 0 saturated heterocycles. The first kappa shape index (κ1) is 19.4. The van der Waals surface area contributed by atoms with Crippen LogP contribution in [0.2, 0.25) is 0 Å². The molecule has 2 heterocycles. The Morgan fingerprint density at radius 3 is 2.78 bits per heavy atom. The number of rotatable bonds is 9. The van der Waals surface area contributed by atoms with E-state index < -0.39 is 0 Å². The van der Waals surface area contributed by atoms with Gasteiger partial charge in [-0.1, -0.05) is 36.0 Å². The predicted octanol–water partition coefficient (Wildman–Crippen LogP) is 3.96. The minimum Gasteiger partial charge on any atom is -0.491 e. The van der Waals surface area contributed by atoms with E-state index in [-0.39, 0.29) is 18.4 Å². The molecule has 3 rings (SSSR count). The maximum absolute atomic E-state index is 11.3. The van der Waals surface area contributed by atoms with Gasteiger partial charge in [0, 0.05) is 24.3 Å². The van der Waals surface area contributed by atoms with E-state index in [9.17, 15) is 4.79 Å². The van der Waals surface area contributed by atoms with E-state index in [0.717, 1.165) is 27.2 Å². The second kappa shape index (κ2) is 9.05. The lowest BCUT2D eigenvalue weighted by atomic mass is 10.2. The van der Waals surface area contributed by atoms with Crippen molar-refractivity contribution in [1.29, 1.82) is 0 Å². The molecule has 8 heteroatoms. The molecule has 0 radical (unpaired) electrons. The molecule has 2 aromatic heterocycles. The van der Waals surface area contributed by atoms with Crippen molar-refractivity contribution in [1.82, 2.24) is 14.8 Å². The zero-order valence-corrected chi connectivity index (χ0v) is 16.9. The number of hydrogen-bond acceptors (Lipinski definition) is 6. The first-order valence-corrected chi connectivity index (χ1v) is 10.5. The summed E-state index contributed by atoms with van der Waals surface area (Å²) in [5.41, 5.74) is 6.44. The van der Waals surface area contributed by atoms with Crippen LogP contribution < -0.4 is 10.5 Å². The SMILES string of the molecule is CC(C)Oc1ccccc1CSc1nnc(-c2cccs2)n1CCC(N)=O. The lowest BCUT2D eigenvalue weighted by molar-refractivity contribution is -0.118. The minimum absolute atomic E-state index is 0.112. The van der Waals surface area contributed by atoms with E-state index in [4.69, 9.17) is 10.5 Å². The second-order valence-corrected chi connectivity index (χ2v) is 8.10. The van der Waals surface area contributed by atoms with Gasteiger partial charge >= 0.3 is 0 Å². The van der Waals surface area contributed by atoms with Crippen LogP contribution in [0.1, 0.15) is 25.8 Å². The fraction of sp³-hybridized carbons (Fsp3) is 0.316. The summed E-state index contributed by atoms with van der Waals surface area (Å²) in [6.07, 6.45) is 0.359. The highest BCUT2D eigenvalue weighted by Gasteiger charge is 2.16. The Bertz CT molecular complexity index is 891. The van der Waals surface area contributed by atoms with Gasteiger partial charge in [-0.15, -0.1) is 21.5 Å². The van der Waals surface area contributed by atoms with Crippen LogP contribution in [0.3, 0.4) is 0 Å². The van der Waals surface area contributed by atoms with Gasteiger partial charge in [0.05, 0.1) is 11.0 Å². The average molecular weight is 403 g/mol. The number of thioether (sulfide) groups is 1. The molecular formula is C19H22N4O2S2. The van der Waals surface area contributed by atoms with E-state index in [1.165, 1.54) is 0 Å².